The van der Waals surface area contributed by atoms with Crippen LogP contribution in [0.5, 0.6) is 0 Å². The average Bonchev–Trinajstić information content (AvgIpc) is 2.76. The predicted octanol–water partition coefficient (Wildman–Crippen LogP) is 2.83. The quantitative estimate of drug-likeness (QED) is 0.285. The Balaban J connectivity index is -0.0000000398. The average molecular weight is 408 g/mol. The molecule has 0 bridgehead atoms. The molecule has 2 aromatic carbocycles. The van der Waals surface area contributed by atoms with Crippen LogP contribution < -0.4 is 0 Å². The lowest BCUT2D eigenvalue weighted by Gasteiger charge is -1.69. The van der Waals surface area contributed by atoms with Crippen LogP contribution in [-0.4, -0.2) is 48.8 Å². The fraction of sp³-hybridized carbons (Fsp3) is 0.158. The lowest BCUT2D eigenvalue weighted by molar-refractivity contribution is 0.399. The number of aliphatic hydroxyl groups is 2. The molecular weight excluding hydrogens is 380 g/mol. The van der Waals surface area contributed by atoms with Crippen molar-refractivity contribution >= 4 is 24.3 Å². The van der Waals surface area contributed by atoms with Gasteiger partial charge in [0.1, 0.15) is 0 Å². The van der Waals surface area contributed by atoms with Crippen LogP contribution >= 0.6 is 0 Å². The summed E-state index contributed by atoms with van der Waals surface area (Å²) in [4.78, 5) is 33.4. The van der Waals surface area contributed by atoms with Gasteiger partial charge in [0.15, 0.2) is 0 Å². The van der Waals surface area contributed by atoms with Gasteiger partial charge in [-0.15, -0.1) is 0 Å². The number of rotatable bonds is 0. The molecule has 0 aliphatic rings. The van der Waals surface area contributed by atoms with Crippen LogP contribution in [0.3, 0.4) is 0 Å². The molecule has 0 aliphatic carbocycles. The van der Waals surface area contributed by atoms with Crippen molar-refractivity contribution in [3.8, 4) is 0 Å². The molecule has 6 N–H and O–H groups in total. The van der Waals surface area contributed by atoms with E-state index in [1.807, 2.05) is 72.8 Å². The number of aliphatic hydroxyl groups excluding tert-OH is 2. The van der Waals surface area contributed by atoms with Gasteiger partial charge in [0, 0.05) is 14.2 Å². The highest BCUT2D eigenvalue weighted by Crippen LogP contribution is 1.80. The highest BCUT2D eigenvalue weighted by molar-refractivity contribution is 5.26. The summed E-state index contributed by atoms with van der Waals surface area (Å²) in [6.07, 6.45) is 3.00. The molecule has 0 amide bonds. The Morgan fingerprint density at radius 2 is 0.448 bits per heavy atom. The Morgan fingerprint density at radius 3 is 0.483 bits per heavy atom. The van der Waals surface area contributed by atoms with Gasteiger partial charge in [-0.05, 0) is 0 Å². The maximum atomic E-state index is 8.35. The highest BCUT2D eigenvalue weighted by Gasteiger charge is 1.58. The van der Waals surface area contributed by atoms with Gasteiger partial charge >= 0.3 is 0 Å². The summed E-state index contributed by atoms with van der Waals surface area (Å²) < 4.78 is 0. The van der Waals surface area contributed by atoms with Crippen molar-refractivity contribution in [2.45, 2.75) is 7.43 Å². The minimum absolute atomic E-state index is 0. The van der Waals surface area contributed by atoms with Crippen LogP contribution in [-0.2, 0) is 19.2 Å². The van der Waals surface area contributed by atoms with E-state index in [0.717, 1.165) is 38.5 Å². The Bertz CT molecular complexity index is 454. The molecule has 0 unspecified atom stereocenters. The second-order valence-corrected chi connectivity index (χ2v) is 2.72. The molecule has 0 fully saturated rings. The second kappa shape index (κ2) is 88.6. The van der Waals surface area contributed by atoms with E-state index in [1.165, 1.54) is 0 Å². The molecule has 0 aromatic heterocycles. The van der Waals surface area contributed by atoms with E-state index < -0.39 is 0 Å². The van der Waals surface area contributed by atoms with Gasteiger partial charge in [-0.1, -0.05) is 80.2 Å². The summed E-state index contributed by atoms with van der Waals surface area (Å²) in [5.41, 5.74) is 0. The van der Waals surface area contributed by atoms with Crippen LogP contribution in [0.25, 0.3) is 0 Å². The zero-order chi connectivity index (χ0) is 23.3. The first-order chi connectivity index (χ1) is 13.7. The van der Waals surface area contributed by atoms with Crippen molar-refractivity contribution in [2.24, 2.45) is 0 Å². The van der Waals surface area contributed by atoms with Crippen molar-refractivity contribution < 1.29 is 29.4 Å². The molecule has 29 heavy (non-hydrogen) atoms. The molecule has 2 aromatic rings. The summed E-state index contributed by atoms with van der Waals surface area (Å²) >= 11 is 0. The largest absolute Gasteiger partial charge is 0.400 e. The van der Waals surface area contributed by atoms with Crippen molar-refractivity contribution in [2.75, 3.05) is 14.2 Å². The van der Waals surface area contributed by atoms with Gasteiger partial charge in [0.05, 0.1) is 0 Å². The lowest BCUT2D eigenvalue weighted by Crippen LogP contribution is -1.47. The fourth-order valence-electron chi connectivity index (χ4n) is 0.770. The van der Waals surface area contributed by atoms with E-state index in [-0.39, 0.29) is 7.43 Å². The Kier molecular flexibility index (Phi) is 136. The third kappa shape index (κ3) is 184. The molecule has 0 aliphatic heterocycles. The van der Waals surface area contributed by atoms with Gasteiger partial charge in [-0.3, -0.25) is 0 Å². The molecule has 0 atom stereocenters. The standard InChI is InChI=1S/2C6H6.4CHNO.2CH4O.CH4/c2*1-2-4-6-5-3-1;4*2-1-3;2*1-2;/h2*1-6H;4*2H;2*2H,1H3;1H4. The third-order valence-electron chi connectivity index (χ3n) is 1.33. The van der Waals surface area contributed by atoms with E-state index >= 15 is 0 Å². The minimum Gasteiger partial charge on any atom is -0.400 e. The molecule has 0 radical (unpaired) electrons. The van der Waals surface area contributed by atoms with Gasteiger partial charge < -0.3 is 10.2 Å². The van der Waals surface area contributed by atoms with Crippen LogP contribution in [0.1, 0.15) is 7.43 Å². The summed E-state index contributed by atoms with van der Waals surface area (Å²) in [5, 5.41) is 35.6. The monoisotopic (exact) mass is 408 g/mol. The van der Waals surface area contributed by atoms with Gasteiger partial charge in [-0.25, -0.2) is 40.8 Å². The molecule has 10 heteroatoms. The number of nitrogens with one attached hydrogen (secondary N) is 4. The van der Waals surface area contributed by atoms with E-state index in [4.69, 9.17) is 51.0 Å². The number of hydrogen-bond acceptors (Lipinski definition) is 10. The summed E-state index contributed by atoms with van der Waals surface area (Å²) in [7, 11) is 2.00. The number of carbonyl (C=O) groups excluding carboxylic acids is 4. The molecule has 160 valence electrons. The van der Waals surface area contributed by atoms with Crippen LogP contribution in [0.4, 0.5) is 0 Å². The van der Waals surface area contributed by atoms with Crippen molar-refractivity contribution in [3.63, 3.8) is 0 Å². The zero-order valence-electron chi connectivity index (χ0n) is 15.5. The van der Waals surface area contributed by atoms with Gasteiger partial charge in [0.2, 0.25) is 24.3 Å². The molecule has 10 nitrogen and oxygen atoms in total. The number of benzene rings is 2. The Hall–Kier alpha value is -4.12. The van der Waals surface area contributed by atoms with E-state index in [0.29, 0.717) is 0 Å². The zero-order valence-corrected chi connectivity index (χ0v) is 15.5. The topological polar surface area (TPSA) is 204 Å². The maximum absolute atomic E-state index is 8.35. The molecule has 0 spiro atoms. The van der Waals surface area contributed by atoms with Crippen molar-refractivity contribution in [1.29, 1.82) is 21.6 Å². The van der Waals surface area contributed by atoms with E-state index in [1.54, 1.807) is 0 Å². The Labute approximate surface area is 170 Å². The smallest absolute Gasteiger partial charge is 0.231 e. The fourth-order valence-corrected chi connectivity index (χ4v) is 0.770. The highest BCUT2D eigenvalue weighted by atomic mass is 16.2. The number of isocyanates is 4. The molecule has 2 rings (SSSR count). The van der Waals surface area contributed by atoms with Crippen LogP contribution in [0.15, 0.2) is 72.8 Å². The predicted molar refractivity (Wildman–Crippen MR) is 110 cm³/mol. The maximum Gasteiger partial charge on any atom is 0.231 e. The first kappa shape index (κ1) is 44.4. The summed E-state index contributed by atoms with van der Waals surface area (Å²) in [6, 6.07) is 24.0. The van der Waals surface area contributed by atoms with E-state index in [2.05, 4.69) is 0 Å². The van der Waals surface area contributed by atoms with Gasteiger partial charge in [-0.2, -0.15) is 0 Å². The van der Waals surface area contributed by atoms with Crippen LogP contribution in [0.2, 0.25) is 0 Å². The van der Waals surface area contributed by atoms with Gasteiger partial charge in [0.25, 0.3) is 0 Å². The van der Waals surface area contributed by atoms with Crippen molar-refractivity contribution in [3.05, 3.63) is 72.8 Å². The first-order valence-corrected chi connectivity index (χ1v) is 6.71. The SMILES string of the molecule is C.CO.CO.N=C=O.N=C=O.N=C=O.N=C=O.c1ccccc1.c1ccccc1. The summed E-state index contributed by atoms with van der Waals surface area (Å²) in [5.74, 6) is 0. The normalized spacial score (nSPS) is 4.83. The second-order valence-electron chi connectivity index (χ2n) is 2.72. The first-order valence-electron chi connectivity index (χ1n) is 6.71. The van der Waals surface area contributed by atoms with E-state index in [9.17, 15) is 0 Å². The van der Waals surface area contributed by atoms with Crippen LogP contribution in [0, 0.1) is 21.6 Å². The molecule has 0 saturated heterocycles. The Morgan fingerprint density at radius 1 is 0.414 bits per heavy atom. The minimum atomic E-state index is 0. The molecule has 0 heterocycles. The van der Waals surface area contributed by atoms with Crippen molar-refractivity contribution in [1.82, 2.24) is 0 Å². The summed E-state index contributed by atoms with van der Waals surface area (Å²) in [6.45, 7) is 0. The molecular formula is C19H28N4O6. The lowest BCUT2D eigenvalue weighted by atomic mass is 10.4. The number of hydrogen-bond donors (Lipinski definition) is 6. The molecule has 0 saturated carbocycles. The third-order valence-corrected chi connectivity index (χ3v) is 1.33.